The Morgan fingerprint density at radius 1 is 0.389 bits per heavy atom. The number of carbonyl (C=O) groups is 3. The molecule has 0 heterocycles. The van der Waals surface area contributed by atoms with E-state index in [9.17, 15) is 14.4 Å². The Bertz CT molecular complexity index is 826. The van der Waals surface area contributed by atoms with Gasteiger partial charge >= 0.3 is 17.9 Å². The largest absolute Gasteiger partial charge is 0.462 e. The Balaban J connectivity index is 4.34. The van der Waals surface area contributed by atoms with Crippen LogP contribution in [0.5, 0.6) is 0 Å². The fourth-order valence-corrected chi connectivity index (χ4v) is 7.07. The van der Waals surface area contributed by atoms with E-state index in [1.165, 1.54) is 148 Å². The van der Waals surface area contributed by atoms with Crippen LogP contribution < -0.4 is 0 Å². The molecular weight excluding hydrogens is 673 g/mol. The van der Waals surface area contributed by atoms with Gasteiger partial charge in [-0.2, -0.15) is 0 Å². The van der Waals surface area contributed by atoms with Gasteiger partial charge in [-0.25, -0.2) is 0 Å². The van der Waals surface area contributed by atoms with Gasteiger partial charge < -0.3 is 14.2 Å². The molecule has 54 heavy (non-hydrogen) atoms. The molecule has 0 bridgehead atoms. The summed E-state index contributed by atoms with van der Waals surface area (Å²) in [4.78, 5) is 37.8. The van der Waals surface area contributed by atoms with Gasteiger partial charge in [0.15, 0.2) is 6.10 Å². The third-order valence-corrected chi connectivity index (χ3v) is 11.1. The zero-order valence-electron chi connectivity index (χ0n) is 36.8. The Kier molecular flexibility index (Phi) is 39.8. The first-order valence-electron chi connectivity index (χ1n) is 23.8. The molecule has 2 atom stereocenters. The van der Waals surface area contributed by atoms with Gasteiger partial charge in [0.1, 0.15) is 13.2 Å². The molecule has 0 radical (unpaired) electrons. The van der Waals surface area contributed by atoms with Crippen LogP contribution in [0.4, 0.5) is 0 Å². The fourth-order valence-electron chi connectivity index (χ4n) is 7.07. The second-order valence-corrected chi connectivity index (χ2v) is 17.1. The molecule has 6 nitrogen and oxygen atoms in total. The maximum absolute atomic E-state index is 12.7. The van der Waals surface area contributed by atoms with Crippen LogP contribution in [-0.4, -0.2) is 37.2 Å². The van der Waals surface area contributed by atoms with E-state index in [0.717, 1.165) is 69.6 Å². The average molecular weight is 765 g/mol. The monoisotopic (exact) mass is 765 g/mol. The maximum Gasteiger partial charge on any atom is 0.306 e. The highest BCUT2D eigenvalue weighted by Crippen LogP contribution is 2.17. The summed E-state index contributed by atoms with van der Waals surface area (Å²) >= 11 is 0. The van der Waals surface area contributed by atoms with Crippen molar-refractivity contribution in [2.24, 2.45) is 11.8 Å². The molecule has 320 valence electrons. The molecular formula is C48H92O6. The van der Waals surface area contributed by atoms with Crippen LogP contribution in [0.2, 0.25) is 0 Å². The Labute approximate surface area is 336 Å². The molecule has 0 fully saturated rings. The van der Waals surface area contributed by atoms with Gasteiger partial charge in [0, 0.05) is 19.3 Å². The number of hydrogen-bond acceptors (Lipinski definition) is 6. The molecule has 0 saturated carbocycles. The Morgan fingerprint density at radius 2 is 0.704 bits per heavy atom. The highest BCUT2D eigenvalue weighted by Gasteiger charge is 2.19. The molecule has 0 aromatic carbocycles. The fraction of sp³-hybridized carbons (Fsp3) is 0.938. The average Bonchev–Trinajstić information content (AvgIpc) is 3.15. The first-order chi connectivity index (χ1) is 26.3. The van der Waals surface area contributed by atoms with Crippen molar-refractivity contribution >= 4 is 17.9 Å². The summed E-state index contributed by atoms with van der Waals surface area (Å²) in [7, 11) is 0. The smallest absolute Gasteiger partial charge is 0.306 e. The van der Waals surface area contributed by atoms with E-state index in [1.807, 2.05) is 0 Å². The van der Waals surface area contributed by atoms with Crippen molar-refractivity contribution in [2.45, 2.75) is 265 Å². The second kappa shape index (κ2) is 41.1. The van der Waals surface area contributed by atoms with Gasteiger partial charge in [0.2, 0.25) is 0 Å². The third kappa shape index (κ3) is 40.1. The molecule has 0 aliphatic rings. The normalized spacial score (nSPS) is 12.6. The van der Waals surface area contributed by atoms with E-state index in [-0.39, 0.29) is 31.1 Å². The Morgan fingerprint density at radius 3 is 1.06 bits per heavy atom. The van der Waals surface area contributed by atoms with E-state index in [4.69, 9.17) is 14.2 Å². The molecule has 1 unspecified atom stereocenters. The summed E-state index contributed by atoms with van der Waals surface area (Å²) in [6.45, 7) is 11.3. The van der Waals surface area contributed by atoms with Crippen LogP contribution in [0.3, 0.4) is 0 Å². The minimum Gasteiger partial charge on any atom is -0.462 e. The van der Waals surface area contributed by atoms with Crippen LogP contribution in [-0.2, 0) is 28.6 Å². The summed E-state index contributed by atoms with van der Waals surface area (Å²) in [6.07, 6.45) is 39.4. The zero-order chi connectivity index (χ0) is 39.7. The van der Waals surface area contributed by atoms with Gasteiger partial charge in [0.25, 0.3) is 0 Å². The van der Waals surface area contributed by atoms with Crippen molar-refractivity contribution in [1.29, 1.82) is 0 Å². The van der Waals surface area contributed by atoms with E-state index >= 15 is 0 Å². The second-order valence-electron chi connectivity index (χ2n) is 17.1. The lowest BCUT2D eigenvalue weighted by Crippen LogP contribution is -2.30. The third-order valence-electron chi connectivity index (χ3n) is 11.1. The predicted molar refractivity (Wildman–Crippen MR) is 229 cm³/mol. The number of carbonyl (C=O) groups excluding carboxylic acids is 3. The standard InChI is InChI=1S/C48H92O6/c1-6-8-9-10-11-12-13-14-15-16-19-23-30-35-40-48(51)54-45(42-53-47(50)39-34-29-25-24-27-32-37-44(5)7-2)41-52-46(49)38-33-28-22-20-17-18-21-26-31-36-43(3)4/h43-45H,6-42H2,1-5H3/t44?,45-/m0/s1. The van der Waals surface area contributed by atoms with Crippen LogP contribution in [0.25, 0.3) is 0 Å². The number of unbranched alkanes of at least 4 members (excludes halogenated alkanes) is 26. The van der Waals surface area contributed by atoms with Gasteiger partial charge in [-0.15, -0.1) is 0 Å². The predicted octanol–water partition coefficient (Wildman–Crippen LogP) is 15.0. The van der Waals surface area contributed by atoms with Gasteiger partial charge in [-0.05, 0) is 31.1 Å². The first kappa shape index (κ1) is 52.4. The van der Waals surface area contributed by atoms with Gasteiger partial charge in [0.05, 0.1) is 0 Å². The van der Waals surface area contributed by atoms with Gasteiger partial charge in [-0.1, -0.05) is 221 Å². The van der Waals surface area contributed by atoms with Crippen molar-refractivity contribution in [3.63, 3.8) is 0 Å². The van der Waals surface area contributed by atoms with Crippen LogP contribution in [0.1, 0.15) is 259 Å². The number of ether oxygens (including phenoxy) is 3. The van der Waals surface area contributed by atoms with E-state index in [0.29, 0.717) is 19.3 Å². The van der Waals surface area contributed by atoms with E-state index < -0.39 is 6.10 Å². The maximum atomic E-state index is 12.7. The molecule has 0 saturated heterocycles. The lowest BCUT2D eigenvalue weighted by molar-refractivity contribution is -0.167. The number of esters is 3. The van der Waals surface area contributed by atoms with Crippen molar-refractivity contribution in [1.82, 2.24) is 0 Å². The molecule has 0 aliphatic carbocycles. The van der Waals surface area contributed by atoms with Crippen molar-refractivity contribution in [2.75, 3.05) is 13.2 Å². The highest BCUT2D eigenvalue weighted by atomic mass is 16.6. The topological polar surface area (TPSA) is 78.9 Å². The van der Waals surface area contributed by atoms with Crippen LogP contribution >= 0.6 is 0 Å². The summed E-state index contributed by atoms with van der Waals surface area (Å²) in [5.41, 5.74) is 0. The summed E-state index contributed by atoms with van der Waals surface area (Å²) in [5.74, 6) is 0.765. The molecule has 0 aromatic rings. The summed E-state index contributed by atoms with van der Waals surface area (Å²) in [5, 5.41) is 0. The van der Waals surface area contributed by atoms with E-state index in [1.54, 1.807) is 0 Å². The quantitative estimate of drug-likeness (QED) is 0.0350. The Hall–Kier alpha value is -1.59. The number of hydrogen-bond donors (Lipinski definition) is 0. The number of rotatable bonds is 42. The minimum absolute atomic E-state index is 0.0654. The molecule has 0 rings (SSSR count). The summed E-state index contributed by atoms with van der Waals surface area (Å²) < 4.78 is 16.7. The zero-order valence-corrected chi connectivity index (χ0v) is 36.8. The SMILES string of the molecule is CCCCCCCCCCCCCCCCC(=O)O[C@@H](COC(=O)CCCCCCCCCCCC(C)C)COC(=O)CCCCCCCCC(C)CC. The summed E-state index contributed by atoms with van der Waals surface area (Å²) in [6, 6.07) is 0. The molecule has 6 heteroatoms. The van der Waals surface area contributed by atoms with Crippen molar-refractivity contribution in [3.05, 3.63) is 0 Å². The van der Waals surface area contributed by atoms with Crippen molar-refractivity contribution in [3.8, 4) is 0 Å². The molecule has 0 N–H and O–H groups in total. The molecule has 0 amide bonds. The molecule has 0 spiro atoms. The highest BCUT2D eigenvalue weighted by molar-refractivity contribution is 5.71. The molecule has 0 aromatic heterocycles. The van der Waals surface area contributed by atoms with E-state index in [2.05, 4.69) is 34.6 Å². The lowest BCUT2D eigenvalue weighted by atomic mass is 10.00. The minimum atomic E-state index is -0.761. The van der Waals surface area contributed by atoms with Gasteiger partial charge in [-0.3, -0.25) is 14.4 Å². The van der Waals surface area contributed by atoms with Crippen molar-refractivity contribution < 1.29 is 28.6 Å². The van der Waals surface area contributed by atoms with Crippen LogP contribution in [0, 0.1) is 11.8 Å². The molecule has 0 aliphatic heterocycles. The van der Waals surface area contributed by atoms with Crippen LogP contribution in [0.15, 0.2) is 0 Å². The first-order valence-corrected chi connectivity index (χ1v) is 23.8. The lowest BCUT2D eigenvalue weighted by Gasteiger charge is -2.18.